The van der Waals surface area contributed by atoms with Crippen molar-refractivity contribution in [2.45, 2.75) is 33.8 Å². The number of rotatable bonds is 4. The summed E-state index contributed by atoms with van der Waals surface area (Å²) in [4.78, 5) is 11.0. The van der Waals surface area contributed by atoms with Gasteiger partial charge in [-0.25, -0.2) is 0 Å². The number of hydrogen-bond acceptors (Lipinski definition) is 3. The van der Waals surface area contributed by atoms with Gasteiger partial charge in [0, 0.05) is 0 Å². The van der Waals surface area contributed by atoms with E-state index in [0.29, 0.717) is 5.57 Å². The molecule has 0 N–H and O–H groups in total. The van der Waals surface area contributed by atoms with Crippen molar-refractivity contribution in [1.82, 2.24) is 0 Å². The Bertz CT molecular complexity index is 175. The average Bonchev–Trinajstić information content (AvgIpc) is 2.02. The summed E-state index contributed by atoms with van der Waals surface area (Å²) in [5.41, 5.74) is 0.631. The van der Waals surface area contributed by atoms with Gasteiger partial charge in [-0.15, -0.1) is 0 Å². The van der Waals surface area contributed by atoms with E-state index in [4.69, 9.17) is 6.64 Å². The van der Waals surface area contributed by atoms with Crippen molar-refractivity contribution >= 4 is 5.97 Å². The molecule has 4 heteroatoms. The molecule has 3 nitrogen and oxygen atoms in total. The van der Waals surface area contributed by atoms with Gasteiger partial charge in [-0.1, -0.05) is 0 Å². The number of allylic oxidation sites excluding steroid dienone is 1. The van der Waals surface area contributed by atoms with Crippen LogP contribution in [0.4, 0.5) is 0 Å². The first-order valence-electron chi connectivity index (χ1n) is 3.82. The van der Waals surface area contributed by atoms with Crippen LogP contribution in [0, 0.1) is 0 Å². The van der Waals surface area contributed by atoms with E-state index in [9.17, 15) is 4.79 Å². The molecule has 12 heavy (non-hydrogen) atoms. The van der Waals surface area contributed by atoms with Crippen LogP contribution in [0.15, 0.2) is 11.6 Å². The van der Waals surface area contributed by atoms with Crippen molar-refractivity contribution in [2.75, 3.05) is 0 Å². The van der Waals surface area contributed by atoms with Gasteiger partial charge in [0.05, 0.1) is 0 Å². The predicted molar refractivity (Wildman–Crippen MR) is 41.7 cm³/mol. The van der Waals surface area contributed by atoms with Crippen LogP contribution in [0.5, 0.6) is 0 Å². The molecule has 0 fully saturated rings. The summed E-state index contributed by atoms with van der Waals surface area (Å²) >= 11 is -1.01. The second-order valence-electron chi connectivity index (χ2n) is 2.61. The zero-order valence-corrected chi connectivity index (χ0v) is 9.44. The van der Waals surface area contributed by atoms with Crippen LogP contribution in [0.1, 0.15) is 27.7 Å². The molecule has 68 valence electrons. The van der Waals surface area contributed by atoms with E-state index in [-0.39, 0.29) is 12.1 Å². The molecule has 0 heterocycles. The minimum absolute atomic E-state index is 0.142. The molecule has 0 atom stereocenters. The van der Waals surface area contributed by atoms with E-state index < -0.39 is 19.9 Å². The Labute approximate surface area is 83.0 Å². The molecule has 0 amide bonds. The first-order chi connectivity index (χ1) is 5.57. The fraction of sp³-hybridized carbons (Fsp3) is 0.625. The summed E-state index contributed by atoms with van der Waals surface area (Å²) in [6.45, 7) is 7.36. The molecule has 0 aromatic rings. The van der Waals surface area contributed by atoms with Crippen LogP contribution >= 0.6 is 0 Å². The SMILES string of the molecule is CC=C(C)C(=O)[O][Ti][O]C(C)C. The molecule has 0 aromatic heterocycles. The summed E-state index contributed by atoms with van der Waals surface area (Å²) in [5, 5.41) is 0. The van der Waals surface area contributed by atoms with Crippen LogP contribution in [0.25, 0.3) is 0 Å². The fourth-order valence-electron chi connectivity index (χ4n) is 0.356. The quantitative estimate of drug-likeness (QED) is 0.520. The van der Waals surface area contributed by atoms with Crippen LogP contribution in [0.3, 0.4) is 0 Å². The van der Waals surface area contributed by atoms with E-state index in [1.54, 1.807) is 19.9 Å². The third kappa shape index (κ3) is 5.52. The summed E-state index contributed by atoms with van der Waals surface area (Å²) < 4.78 is 10.1. The molecular weight excluding hydrogens is 192 g/mol. The molecule has 0 saturated heterocycles. The van der Waals surface area contributed by atoms with Gasteiger partial charge >= 0.3 is 82.8 Å². The maximum atomic E-state index is 11.0. The van der Waals surface area contributed by atoms with Gasteiger partial charge in [0.2, 0.25) is 0 Å². The van der Waals surface area contributed by atoms with Crippen LogP contribution in [-0.2, 0) is 31.4 Å². The van der Waals surface area contributed by atoms with Gasteiger partial charge in [0.15, 0.2) is 0 Å². The molecule has 0 aliphatic carbocycles. The standard InChI is InChI=1S/C5H8O2.C3H7O.Ti/c1-3-4(2)5(6)7;1-3(2)4;/h3H,1-2H3,(H,6,7);3H,1-2H3;/q;-1;+2/p-1. The third-order valence-electron chi connectivity index (χ3n) is 1.17. The van der Waals surface area contributed by atoms with Crippen LogP contribution in [-0.4, -0.2) is 12.1 Å². The molecule has 0 bridgehead atoms. The first-order valence-corrected chi connectivity index (χ1v) is 5.10. The third-order valence-corrected chi connectivity index (χ3v) is 2.48. The summed E-state index contributed by atoms with van der Waals surface area (Å²) in [7, 11) is 0. The molecule has 0 saturated carbocycles. The van der Waals surface area contributed by atoms with Gasteiger partial charge in [0.25, 0.3) is 0 Å². The van der Waals surface area contributed by atoms with Crippen molar-refractivity contribution in [3.05, 3.63) is 11.6 Å². The van der Waals surface area contributed by atoms with E-state index >= 15 is 0 Å². The molecular formula is C8H14O3Ti. The summed E-state index contributed by atoms with van der Waals surface area (Å²) in [6.07, 6.45) is 1.87. The van der Waals surface area contributed by atoms with E-state index in [0.717, 1.165) is 0 Å². The summed E-state index contributed by atoms with van der Waals surface area (Å²) in [6, 6.07) is 0. The van der Waals surface area contributed by atoms with Crippen LogP contribution < -0.4 is 0 Å². The first kappa shape index (κ1) is 11.9. The van der Waals surface area contributed by atoms with Gasteiger partial charge in [0.1, 0.15) is 0 Å². The Morgan fingerprint density at radius 2 is 2.08 bits per heavy atom. The minimum atomic E-state index is -1.01. The Morgan fingerprint density at radius 1 is 1.50 bits per heavy atom. The second kappa shape index (κ2) is 6.41. The Balaban J connectivity index is 3.58. The molecule has 0 aromatic carbocycles. The van der Waals surface area contributed by atoms with Gasteiger partial charge in [-0.05, 0) is 0 Å². The van der Waals surface area contributed by atoms with Gasteiger partial charge in [-0.3, -0.25) is 0 Å². The van der Waals surface area contributed by atoms with Crippen LogP contribution in [0.2, 0.25) is 0 Å². The van der Waals surface area contributed by atoms with E-state index in [1.165, 1.54) is 0 Å². The topological polar surface area (TPSA) is 35.5 Å². The monoisotopic (exact) mass is 206 g/mol. The Hall–Kier alpha value is -0.116. The molecule has 0 unspecified atom stereocenters. The number of carbonyl (C=O) groups is 1. The zero-order valence-electron chi connectivity index (χ0n) is 7.88. The van der Waals surface area contributed by atoms with Crippen molar-refractivity contribution in [3.63, 3.8) is 0 Å². The Morgan fingerprint density at radius 3 is 2.50 bits per heavy atom. The molecule has 0 aliphatic rings. The molecule has 0 aliphatic heterocycles. The van der Waals surface area contributed by atoms with Crippen molar-refractivity contribution in [2.24, 2.45) is 0 Å². The van der Waals surface area contributed by atoms with E-state index in [2.05, 4.69) is 0 Å². The molecule has 0 rings (SSSR count). The number of hydrogen-bond donors (Lipinski definition) is 0. The molecule has 0 radical (unpaired) electrons. The number of carbonyl (C=O) groups excluding carboxylic acids is 1. The van der Waals surface area contributed by atoms with Crippen molar-refractivity contribution < 1.29 is 31.4 Å². The summed E-state index contributed by atoms with van der Waals surface area (Å²) in [5.74, 6) is -0.266. The van der Waals surface area contributed by atoms with Crippen molar-refractivity contribution in [3.8, 4) is 0 Å². The normalized spacial score (nSPS) is 11.6. The van der Waals surface area contributed by atoms with Gasteiger partial charge < -0.3 is 0 Å². The predicted octanol–water partition coefficient (Wildman–Crippen LogP) is 1.83. The second-order valence-corrected chi connectivity index (χ2v) is 3.56. The Kier molecular flexibility index (Phi) is 6.34. The molecule has 0 spiro atoms. The van der Waals surface area contributed by atoms with Crippen molar-refractivity contribution in [1.29, 1.82) is 0 Å². The zero-order chi connectivity index (χ0) is 9.56. The van der Waals surface area contributed by atoms with Gasteiger partial charge in [-0.2, -0.15) is 0 Å². The average molecular weight is 206 g/mol. The maximum absolute atomic E-state index is 11.0. The fourth-order valence-corrected chi connectivity index (χ4v) is 1.10. The van der Waals surface area contributed by atoms with E-state index in [1.807, 2.05) is 13.8 Å².